The summed E-state index contributed by atoms with van der Waals surface area (Å²) >= 11 is 8.04. The van der Waals surface area contributed by atoms with Gasteiger partial charge in [0.05, 0.1) is 5.56 Å². The predicted molar refractivity (Wildman–Crippen MR) is 89.6 cm³/mol. The first-order chi connectivity index (χ1) is 9.51. The van der Waals surface area contributed by atoms with Crippen LogP contribution in [-0.2, 0) is 6.42 Å². The normalized spacial score (nSPS) is 10.3. The maximum absolute atomic E-state index is 12.2. The second kappa shape index (κ2) is 6.45. The first-order valence-corrected chi connectivity index (χ1v) is 7.55. The number of aryl methyl sites for hydroxylation is 1. The van der Waals surface area contributed by atoms with Crippen LogP contribution >= 0.6 is 34.2 Å². The van der Waals surface area contributed by atoms with E-state index in [1.165, 1.54) is 6.07 Å². The predicted octanol–water partition coefficient (Wildman–Crippen LogP) is 4.46. The molecule has 2 aromatic carbocycles. The van der Waals surface area contributed by atoms with Crippen molar-refractivity contribution in [3.63, 3.8) is 0 Å². The molecular formula is C15H13ClINO2. The minimum atomic E-state index is -0.335. The van der Waals surface area contributed by atoms with Crippen molar-refractivity contribution in [2.75, 3.05) is 5.32 Å². The van der Waals surface area contributed by atoms with Gasteiger partial charge in [0, 0.05) is 14.3 Å². The molecule has 0 unspecified atom stereocenters. The van der Waals surface area contributed by atoms with Crippen LogP contribution in [-0.4, -0.2) is 11.0 Å². The zero-order chi connectivity index (χ0) is 14.7. The Morgan fingerprint density at radius 2 is 2.05 bits per heavy atom. The van der Waals surface area contributed by atoms with Crippen LogP contribution in [0.3, 0.4) is 0 Å². The third kappa shape index (κ3) is 3.43. The van der Waals surface area contributed by atoms with Gasteiger partial charge in [-0.3, -0.25) is 4.79 Å². The van der Waals surface area contributed by atoms with Crippen molar-refractivity contribution < 1.29 is 9.90 Å². The summed E-state index contributed by atoms with van der Waals surface area (Å²) in [6.45, 7) is 1.99. The van der Waals surface area contributed by atoms with Crippen molar-refractivity contribution in [2.45, 2.75) is 13.3 Å². The summed E-state index contributed by atoms with van der Waals surface area (Å²) in [6.07, 6.45) is 0.758. The molecular weight excluding hydrogens is 389 g/mol. The van der Waals surface area contributed by atoms with Crippen LogP contribution in [0.2, 0.25) is 5.02 Å². The Balaban J connectivity index is 2.30. The fourth-order valence-electron chi connectivity index (χ4n) is 1.86. The van der Waals surface area contributed by atoms with E-state index in [9.17, 15) is 9.90 Å². The molecule has 0 bridgehead atoms. The first kappa shape index (κ1) is 15.1. The fraction of sp³-hybridized carbons (Fsp3) is 0.133. The minimum Gasteiger partial charge on any atom is -0.507 e. The third-order valence-electron chi connectivity index (χ3n) is 2.90. The van der Waals surface area contributed by atoms with Gasteiger partial charge in [-0.1, -0.05) is 18.5 Å². The highest BCUT2D eigenvalue weighted by Crippen LogP contribution is 2.24. The third-order valence-corrected chi connectivity index (χ3v) is 3.81. The molecule has 3 nitrogen and oxygen atoms in total. The van der Waals surface area contributed by atoms with Gasteiger partial charge in [-0.05, 0) is 71.0 Å². The molecule has 2 rings (SSSR count). The quantitative estimate of drug-likeness (QED) is 0.746. The van der Waals surface area contributed by atoms with Crippen LogP contribution in [0.15, 0.2) is 36.4 Å². The molecule has 2 N–H and O–H groups in total. The monoisotopic (exact) mass is 401 g/mol. The number of phenolic OH excluding ortho intramolecular Hbond substituents is 1. The van der Waals surface area contributed by atoms with Crippen LogP contribution in [0.1, 0.15) is 22.8 Å². The van der Waals surface area contributed by atoms with E-state index in [-0.39, 0.29) is 17.2 Å². The van der Waals surface area contributed by atoms with Crippen LogP contribution in [0.5, 0.6) is 5.75 Å². The molecule has 0 aromatic heterocycles. The van der Waals surface area contributed by atoms with Crippen molar-refractivity contribution >= 4 is 45.8 Å². The molecule has 0 heterocycles. The lowest BCUT2D eigenvalue weighted by Crippen LogP contribution is -2.13. The highest BCUT2D eigenvalue weighted by Gasteiger charge is 2.13. The summed E-state index contributed by atoms with van der Waals surface area (Å²) in [5, 5.41) is 13.2. The van der Waals surface area contributed by atoms with Gasteiger partial charge in [-0.15, -0.1) is 0 Å². The number of phenols is 1. The minimum absolute atomic E-state index is 0.0325. The second-order valence-corrected chi connectivity index (χ2v) is 5.95. The van der Waals surface area contributed by atoms with Gasteiger partial charge in [0.25, 0.3) is 5.91 Å². The van der Waals surface area contributed by atoms with E-state index in [2.05, 4.69) is 27.9 Å². The molecule has 5 heteroatoms. The smallest absolute Gasteiger partial charge is 0.259 e. The fourth-order valence-corrected chi connectivity index (χ4v) is 2.54. The SMILES string of the molecule is CCc1cc(Cl)ccc1NC(=O)c1cc(I)ccc1O. The van der Waals surface area contributed by atoms with Crippen molar-refractivity contribution in [1.82, 2.24) is 0 Å². The number of anilines is 1. The number of carbonyl (C=O) groups excluding carboxylic acids is 1. The Bertz CT molecular complexity index is 658. The van der Waals surface area contributed by atoms with Gasteiger partial charge in [0.2, 0.25) is 0 Å². The molecule has 0 fully saturated rings. The van der Waals surface area contributed by atoms with Crippen LogP contribution in [0, 0.1) is 3.57 Å². The summed E-state index contributed by atoms with van der Waals surface area (Å²) in [5.74, 6) is -0.368. The standard InChI is InChI=1S/C15H13ClINO2/c1-2-9-7-10(16)3-5-13(9)18-15(20)12-8-11(17)4-6-14(12)19/h3-8,19H,2H2,1H3,(H,18,20). The van der Waals surface area contributed by atoms with E-state index in [1.807, 2.05) is 13.0 Å². The Morgan fingerprint density at radius 1 is 1.30 bits per heavy atom. The summed E-state index contributed by atoms with van der Waals surface area (Å²) < 4.78 is 0.886. The van der Waals surface area contributed by atoms with Gasteiger partial charge < -0.3 is 10.4 Å². The topological polar surface area (TPSA) is 49.3 Å². The lowest BCUT2D eigenvalue weighted by Gasteiger charge is -2.11. The number of hydrogen-bond donors (Lipinski definition) is 2. The van der Waals surface area contributed by atoms with E-state index in [0.717, 1.165) is 15.6 Å². The van der Waals surface area contributed by atoms with Gasteiger partial charge >= 0.3 is 0 Å². The first-order valence-electron chi connectivity index (χ1n) is 6.09. The molecule has 0 aliphatic rings. The van der Waals surface area contributed by atoms with Gasteiger partial charge in [0.15, 0.2) is 0 Å². The highest BCUT2D eigenvalue weighted by molar-refractivity contribution is 14.1. The summed E-state index contributed by atoms with van der Waals surface area (Å²) in [5.41, 5.74) is 1.92. The van der Waals surface area contributed by atoms with Crippen LogP contribution in [0.4, 0.5) is 5.69 Å². The largest absolute Gasteiger partial charge is 0.507 e. The molecule has 104 valence electrons. The second-order valence-electron chi connectivity index (χ2n) is 4.27. The number of aromatic hydroxyl groups is 1. The molecule has 0 radical (unpaired) electrons. The van der Waals surface area contributed by atoms with Crippen molar-refractivity contribution in [3.8, 4) is 5.75 Å². The Morgan fingerprint density at radius 3 is 2.75 bits per heavy atom. The maximum atomic E-state index is 12.2. The average molecular weight is 402 g/mol. The summed E-state index contributed by atoms with van der Waals surface area (Å²) in [6, 6.07) is 10.2. The van der Waals surface area contributed by atoms with E-state index >= 15 is 0 Å². The molecule has 1 amide bonds. The van der Waals surface area contributed by atoms with Crippen molar-refractivity contribution in [3.05, 3.63) is 56.1 Å². The lowest BCUT2D eigenvalue weighted by atomic mass is 10.1. The van der Waals surface area contributed by atoms with E-state index in [4.69, 9.17) is 11.6 Å². The number of carbonyl (C=O) groups is 1. The van der Waals surface area contributed by atoms with Crippen molar-refractivity contribution in [1.29, 1.82) is 0 Å². The number of nitrogens with one attached hydrogen (secondary N) is 1. The number of amides is 1. The van der Waals surface area contributed by atoms with Gasteiger partial charge in [-0.25, -0.2) is 0 Å². The molecule has 20 heavy (non-hydrogen) atoms. The van der Waals surface area contributed by atoms with E-state index in [1.54, 1.807) is 24.3 Å². The molecule has 0 saturated carbocycles. The highest BCUT2D eigenvalue weighted by atomic mass is 127. The van der Waals surface area contributed by atoms with Crippen LogP contribution < -0.4 is 5.32 Å². The summed E-state index contributed by atoms with van der Waals surface area (Å²) in [7, 11) is 0. The lowest BCUT2D eigenvalue weighted by molar-refractivity contribution is 0.102. The Hall–Kier alpha value is -1.27. The number of halogens is 2. The molecule has 0 saturated heterocycles. The molecule has 0 spiro atoms. The Labute approximate surface area is 136 Å². The van der Waals surface area contributed by atoms with E-state index in [0.29, 0.717) is 10.7 Å². The summed E-state index contributed by atoms with van der Waals surface area (Å²) in [4.78, 5) is 12.2. The van der Waals surface area contributed by atoms with Crippen molar-refractivity contribution in [2.24, 2.45) is 0 Å². The average Bonchev–Trinajstić information content (AvgIpc) is 2.43. The zero-order valence-corrected chi connectivity index (χ0v) is 13.7. The molecule has 0 atom stereocenters. The molecule has 2 aromatic rings. The number of rotatable bonds is 3. The molecule has 0 aliphatic carbocycles. The van der Waals surface area contributed by atoms with E-state index < -0.39 is 0 Å². The zero-order valence-electron chi connectivity index (χ0n) is 10.8. The maximum Gasteiger partial charge on any atom is 0.259 e. The molecule has 0 aliphatic heterocycles. The van der Waals surface area contributed by atoms with Gasteiger partial charge in [-0.2, -0.15) is 0 Å². The number of benzene rings is 2. The van der Waals surface area contributed by atoms with Gasteiger partial charge in [0.1, 0.15) is 5.75 Å². The van der Waals surface area contributed by atoms with Crippen LogP contribution in [0.25, 0.3) is 0 Å². The number of hydrogen-bond acceptors (Lipinski definition) is 2. The Kier molecular flexibility index (Phi) is 4.88.